The van der Waals surface area contributed by atoms with Gasteiger partial charge in [0.25, 0.3) is 5.91 Å². The lowest BCUT2D eigenvalue weighted by atomic mass is 10.1. The van der Waals surface area contributed by atoms with Crippen LogP contribution in [0.15, 0.2) is 4.90 Å². The summed E-state index contributed by atoms with van der Waals surface area (Å²) in [6.45, 7) is 5.96. The van der Waals surface area contributed by atoms with Gasteiger partial charge >= 0.3 is 0 Å². The third kappa shape index (κ3) is 3.41. The van der Waals surface area contributed by atoms with E-state index in [2.05, 4.69) is 17.6 Å². The number of hydrogen-bond donors (Lipinski definition) is 3. The first-order valence-corrected chi connectivity index (χ1v) is 9.03. The SMILES string of the molecule is CCCNC(=O)c1sc(NCC2(C)CC2)c(SC)c1N. The Morgan fingerprint density at radius 2 is 2.20 bits per heavy atom. The van der Waals surface area contributed by atoms with Crippen molar-refractivity contribution in [1.82, 2.24) is 5.32 Å². The van der Waals surface area contributed by atoms with Crippen molar-refractivity contribution in [3.63, 3.8) is 0 Å². The van der Waals surface area contributed by atoms with Crippen LogP contribution < -0.4 is 16.4 Å². The first-order valence-electron chi connectivity index (χ1n) is 6.99. The highest BCUT2D eigenvalue weighted by atomic mass is 32.2. The molecule has 1 fully saturated rings. The molecule has 1 saturated carbocycles. The fraction of sp³-hybridized carbons (Fsp3) is 0.643. The molecule has 4 nitrogen and oxygen atoms in total. The number of amides is 1. The van der Waals surface area contributed by atoms with Gasteiger partial charge < -0.3 is 16.4 Å². The maximum atomic E-state index is 12.1. The molecule has 1 aliphatic rings. The van der Waals surface area contributed by atoms with E-state index in [1.807, 2.05) is 13.2 Å². The highest BCUT2D eigenvalue weighted by molar-refractivity contribution is 7.99. The van der Waals surface area contributed by atoms with Crippen molar-refractivity contribution in [3.05, 3.63) is 4.88 Å². The minimum Gasteiger partial charge on any atom is -0.396 e. The number of rotatable bonds is 7. The van der Waals surface area contributed by atoms with E-state index in [0.29, 0.717) is 22.5 Å². The molecule has 112 valence electrons. The first-order chi connectivity index (χ1) is 9.50. The van der Waals surface area contributed by atoms with Crippen LogP contribution in [0.25, 0.3) is 0 Å². The Hall–Kier alpha value is -0.880. The lowest BCUT2D eigenvalue weighted by Gasteiger charge is -2.10. The topological polar surface area (TPSA) is 67.2 Å². The molecule has 20 heavy (non-hydrogen) atoms. The molecule has 1 aromatic rings. The predicted molar refractivity (Wildman–Crippen MR) is 89.0 cm³/mol. The van der Waals surface area contributed by atoms with E-state index in [9.17, 15) is 4.79 Å². The monoisotopic (exact) mass is 313 g/mol. The smallest absolute Gasteiger partial charge is 0.263 e. The number of nitrogens with two attached hydrogens (primary N) is 1. The van der Waals surface area contributed by atoms with E-state index >= 15 is 0 Å². The van der Waals surface area contributed by atoms with Gasteiger partial charge in [0, 0.05) is 13.1 Å². The van der Waals surface area contributed by atoms with Crippen LogP contribution in [-0.4, -0.2) is 25.3 Å². The zero-order chi connectivity index (χ0) is 14.8. The van der Waals surface area contributed by atoms with Crippen molar-refractivity contribution in [3.8, 4) is 0 Å². The Morgan fingerprint density at radius 3 is 2.75 bits per heavy atom. The molecule has 0 radical (unpaired) electrons. The van der Waals surface area contributed by atoms with E-state index in [4.69, 9.17) is 5.73 Å². The predicted octanol–water partition coefficient (Wildman–Crippen LogP) is 3.40. The van der Waals surface area contributed by atoms with Crippen molar-refractivity contribution in [2.75, 3.05) is 30.4 Å². The summed E-state index contributed by atoms with van der Waals surface area (Å²) in [7, 11) is 0. The largest absolute Gasteiger partial charge is 0.396 e. The molecule has 0 aromatic carbocycles. The second-order valence-electron chi connectivity index (χ2n) is 5.63. The number of thiophene rings is 1. The van der Waals surface area contributed by atoms with Crippen molar-refractivity contribution in [2.45, 2.75) is 38.0 Å². The van der Waals surface area contributed by atoms with Gasteiger partial charge in [-0.05, 0) is 30.9 Å². The first kappa shape index (κ1) is 15.5. The fourth-order valence-corrected chi connectivity index (χ4v) is 3.87. The quantitative estimate of drug-likeness (QED) is 0.675. The van der Waals surface area contributed by atoms with Crippen molar-refractivity contribution in [1.29, 1.82) is 0 Å². The van der Waals surface area contributed by atoms with E-state index in [1.165, 1.54) is 24.2 Å². The number of nitrogens with one attached hydrogen (secondary N) is 2. The summed E-state index contributed by atoms with van der Waals surface area (Å²) >= 11 is 3.07. The maximum absolute atomic E-state index is 12.1. The molecule has 1 heterocycles. The van der Waals surface area contributed by atoms with Crippen LogP contribution in [0, 0.1) is 5.41 Å². The molecule has 0 unspecified atom stereocenters. The maximum Gasteiger partial charge on any atom is 0.263 e. The Bertz CT molecular complexity index is 495. The standard InChI is InChI=1S/C14H23N3OS2/c1-4-7-16-12(18)10-9(15)11(19-3)13(20-10)17-8-14(2)5-6-14/h17H,4-8,15H2,1-3H3,(H,16,18). The molecular formula is C14H23N3OS2. The number of carbonyl (C=O) groups is 1. The van der Waals surface area contributed by atoms with Crippen LogP contribution in [-0.2, 0) is 0 Å². The number of carbonyl (C=O) groups excluding carboxylic acids is 1. The van der Waals surface area contributed by atoms with Gasteiger partial charge in [0.15, 0.2) is 0 Å². The Morgan fingerprint density at radius 1 is 1.50 bits per heavy atom. The van der Waals surface area contributed by atoms with Crippen LogP contribution in [0.4, 0.5) is 10.7 Å². The lowest BCUT2D eigenvalue weighted by Crippen LogP contribution is -2.23. The molecule has 0 aliphatic heterocycles. The lowest BCUT2D eigenvalue weighted by molar-refractivity contribution is 0.0958. The van der Waals surface area contributed by atoms with Gasteiger partial charge in [-0.15, -0.1) is 23.1 Å². The Balaban J connectivity index is 2.12. The number of hydrogen-bond acceptors (Lipinski definition) is 5. The number of thioether (sulfide) groups is 1. The van der Waals surface area contributed by atoms with E-state index < -0.39 is 0 Å². The summed E-state index contributed by atoms with van der Waals surface area (Å²) in [5, 5.41) is 7.40. The Labute approximate surface area is 128 Å². The van der Waals surface area contributed by atoms with Crippen LogP contribution >= 0.6 is 23.1 Å². The van der Waals surface area contributed by atoms with Gasteiger partial charge in [-0.3, -0.25) is 4.79 Å². The van der Waals surface area contributed by atoms with Crippen LogP contribution in [0.1, 0.15) is 42.8 Å². The number of nitrogen functional groups attached to an aromatic ring is 1. The summed E-state index contributed by atoms with van der Waals surface area (Å²) in [4.78, 5) is 13.7. The fourth-order valence-electron chi connectivity index (χ4n) is 1.92. The second kappa shape index (κ2) is 6.26. The van der Waals surface area contributed by atoms with Crippen LogP contribution in [0.5, 0.6) is 0 Å². The molecule has 6 heteroatoms. The highest BCUT2D eigenvalue weighted by Crippen LogP contribution is 2.47. The molecule has 2 rings (SSSR count). The average molecular weight is 313 g/mol. The summed E-state index contributed by atoms with van der Waals surface area (Å²) in [6, 6.07) is 0. The zero-order valence-electron chi connectivity index (χ0n) is 12.3. The van der Waals surface area contributed by atoms with Crippen molar-refractivity contribution in [2.24, 2.45) is 5.41 Å². The average Bonchev–Trinajstić information content (AvgIpc) is 3.07. The van der Waals surface area contributed by atoms with Crippen LogP contribution in [0.3, 0.4) is 0 Å². The van der Waals surface area contributed by atoms with E-state index in [1.54, 1.807) is 11.8 Å². The summed E-state index contributed by atoms with van der Waals surface area (Å²) in [5.74, 6) is -0.0599. The summed E-state index contributed by atoms with van der Waals surface area (Å²) < 4.78 is 0. The highest BCUT2D eigenvalue weighted by Gasteiger charge is 2.37. The number of anilines is 2. The van der Waals surface area contributed by atoms with E-state index in [0.717, 1.165) is 22.9 Å². The van der Waals surface area contributed by atoms with Gasteiger partial charge in [-0.2, -0.15) is 0 Å². The van der Waals surface area contributed by atoms with Crippen molar-refractivity contribution >= 4 is 39.7 Å². The molecule has 0 saturated heterocycles. The molecular weight excluding hydrogens is 290 g/mol. The molecule has 1 aliphatic carbocycles. The molecule has 1 aromatic heterocycles. The molecule has 0 spiro atoms. The summed E-state index contributed by atoms with van der Waals surface area (Å²) in [6.07, 6.45) is 5.48. The zero-order valence-corrected chi connectivity index (χ0v) is 14.0. The van der Waals surface area contributed by atoms with Gasteiger partial charge in [-0.25, -0.2) is 0 Å². The minimum absolute atomic E-state index is 0.0599. The normalized spacial score (nSPS) is 15.9. The second-order valence-corrected chi connectivity index (χ2v) is 7.46. The molecule has 4 N–H and O–H groups in total. The third-order valence-corrected chi connectivity index (χ3v) is 5.75. The molecule has 0 bridgehead atoms. The minimum atomic E-state index is -0.0599. The van der Waals surface area contributed by atoms with Gasteiger partial charge in [0.1, 0.15) is 9.88 Å². The van der Waals surface area contributed by atoms with Gasteiger partial charge in [0.05, 0.1) is 10.6 Å². The summed E-state index contributed by atoms with van der Waals surface area (Å²) in [5.41, 5.74) is 7.17. The van der Waals surface area contributed by atoms with Gasteiger partial charge in [0.2, 0.25) is 0 Å². The van der Waals surface area contributed by atoms with Gasteiger partial charge in [-0.1, -0.05) is 13.8 Å². The van der Waals surface area contributed by atoms with Crippen molar-refractivity contribution < 1.29 is 4.79 Å². The third-order valence-electron chi connectivity index (χ3n) is 3.62. The Kier molecular flexibility index (Phi) is 4.86. The molecule has 1 amide bonds. The van der Waals surface area contributed by atoms with Crippen LogP contribution in [0.2, 0.25) is 0 Å². The van der Waals surface area contributed by atoms with E-state index in [-0.39, 0.29) is 5.91 Å². The molecule has 0 atom stereocenters.